The molecule has 2 aromatic carbocycles. The second-order valence-corrected chi connectivity index (χ2v) is 7.47. The van der Waals surface area contributed by atoms with Gasteiger partial charge < -0.3 is 4.74 Å². The average Bonchev–Trinajstić information content (AvgIpc) is 3.13. The van der Waals surface area contributed by atoms with Crippen molar-refractivity contribution >= 4 is 10.0 Å². The molecule has 0 N–H and O–H groups in total. The van der Waals surface area contributed by atoms with Crippen LogP contribution in [0.4, 0.5) is 13.2 Å². The molecule has 27 heavy (non-hydrogen) atoms. The van der Waals surface area contributed by atoms with Crippen molar-refractivity contribution in [2.45, 2.75) is 24.1 Å². The summed E-state index contributed by atoms with van der Waals surface area (Å²) >= 11 is 0. The van der Waals surface area contributed by atoms with Gasteiger partial charge in [0.1, 0.15) is 11.9 Å². The minimum atomic E-state index is -4.50. The van der Waals surface area contributed by atoms with Gasteiger partial charge in [-0.1, -0.05) is 24.3 Å². The molecule has 0 aliphatic rings. The Kier molecular flexibility index (Phi) is 4.97. The van der Waals surface area contributed by atoms with Gasteiger partial charge in [-0.25, -0.2) is 0 Å². The van der Waals surface area contributed by atoms with E-state index in [1.807, 2.05) is 0 Å². The van der Waals surface area contributed by atoms with E-state index < -0.39 is 27.9 Å². The third-order valence-corrected chi connectivity index (χ3v) is 5.43. The highest BCUT2D eigenvalue weighted by atomic mass is 32.2. The molecule has 1 heterocycles. The zero-order valence-electron chi connectivity index (χ0n) is 14.1. The molecule has 0 aliphatic carbocycles. The third-order valence-electron chi connectivity index (χ3n) is 3.80. The Labute approximate surface area is 154 Å². The summed E-state index contributed by atoms with van der Waals surface area (Å²) in [6, 6.07) is 13.5. The maximum absolute atomic E-state index is 12.8. The Morgan fingerprint density at radius 3 is 2.41 bits per heavy atom. The fraction of sp³-hybridized carbons (Fsp3) is 0.167. The molecule has 3 aromatic rings. The number of hydrogen-bond donors (Lipinski definition) is 0. The fourth-order valence-electron chi connectivity index (χ4n) is 2.50. The van der Waals surface area contributed by atoms with Crippen molar-refractivity contribution in [3.05, 3.63) is 78.1 Å². The summed E-state index contributed by atoms with van der Waals surface area (Å²) in [4.78, 5) is 0.0428. The molecule has 0 fully saturated rings. The first-order valence-corrected chi connectivity index (χ1v) is 9.32. The van der Waals surface area contributed by atoms with Crippen molar-refractivity contribution in [2.75, 3.05) is 0 Å². The van der Waals surface area contributed by atoms with Crippen LogP contribution in [0.1, 0.15) is 24.3 Å². The van der Waals surface area contributed by atoms with Crippen molar-refractivity contribution in [3.63, 3.8) is 0 Å². The average molecular weight is 396 g/mol. The molecule has 1 atom stereocenters. The maximum Gasteiger partial charge on any atom is 0.416 e. The highest BCUT2D eigenvalue weighted by molar-refractivity contribution is 7.89. The molecule has 142 valence electrons. The quantitative estimate of drug-likeness (QED) is 0.646. The molecule has 0 spiro atoms. The van der Waals surface area contributed by atoms with Crippen LogP contribution >= 0.6 is 0 Å². The van der Waals surface area contributed by atoms with Gasteiger partial charge in [-0.15, -0.1) is 0 Å². The van der Waals surface area contributed by atoms with Crippen LogP contribution in [0.15, 0.2) is 71.8 Å². The molecular formula is C18H15F3N2O3S. The van der Waals surface area contributed by atoms with Crippen LogP contribution in [0, 0.1) is 0 Å². The number of rotatable bonds is 5. The Balaban J connectivity index is 1.90. The Bertz CT molecular complexity index is 1030. The number of alkyl halides is 3. The summed E-state index contributed by atoms with van der Waals surface area (Å²) in [7, 11) is -3.95. The molecule has 0 aliphatic heterocycles. The van der Waals surface area contributed by atoms with E-state index in [-0.39, 0.29) is 16.3 Å². The number of benzene rings is 2. The zero-order valence-corrected chi connectivity index (χ0v) is 14.9. The van der Waals surface area contributed by atoms with Gasteiger partial charge >= 0.3 is 6.18 Å². The van der Waals surface area contributed by atoms with Gasteiger partial charge in [-0.05, 0) is 43.3 Å². The molecule has 3 rings (SSSR count). The molecule has 0 bridgehead atoms. The van der Waals surface area contributed by atoms with Crippen LogP contribution in [-0.2, 0) is 16.2 Å². The zero-order chi connectivity index (χ0) is 19.7. The standard InChI is InChI=1S/C18H15F3N2O3S/c1-13(26-15-7-5-6-14(12-15)18(19,20)21)17-10-11-22-23(17)27(24,25)16-8-3-2-4-9-16/h2-13H,1H3/t13-/m1/s1. The van der Waals surface area contributed by atoms with Gasteiger partial charge in [-0.3, -0.25) is 0 Å². The molecule has 1 aromatic heterocycles. The summed E-state index contributed by atoms with van der Waals surface area (Å²) < 4.78 is 70.4. The van der Waals surface area contributed by atoms with E-state index in [1.165, 1.54) is 43.5 Å². The van der Waals surface area contributed by atoms with Crippen LogP contribution in [-0.4, -0.2) is 17.6 Å². The van der Waals surface area contributed by atoms with Gasteiger partial charge in [0, 0.05) is 0 Å². The van der Waals surface area contributed by atoms with E-state index in [1.54, 1.807) is 18.2 Å². The first-order valence-electron chi connectivity index (χ1n) is 7.88. The Morgan fingerprint density at radius 2 is 1.74 bits per heavy atom. The number of halogens is 3. The van der Waals surface area contributed by atoms with Crippen molar-refractivity contribution < 1.29 is 26.3 Å². The highest BCUT2D eigenvalue weighted by Gasteiger charge is 2.31. The van der Waals surface area contributed by atoms with Crippen LogP contribution < -0.4 is 4.74 Å². The molecule has 0 saturated heterocycles. The van der Waals surface area contributed by atoms with Gasteiger partial charge in [0.15, 0.2) is 0 Å². The van der Waals surface area contributed by atoms with Crippen LogP contribution in [0.2, 0.25) is 0 Å². The van der Waals surface area contributed by atoms with Crippen molar-refractivity contribution in [1.29, 1.82) is 0 Å². The number of aromatic nitrogens is 2. The van der Waals surface area contributed by atoms with E-state index in [2.05, 4.69) is 5.10 Å². The largest absolute Gasteiger partial charge is 0.484 e. The second kappa shape index (κ2) is 7.07. The Morgan fingerprint density at radius 1 is 1.04 bits per heavy atom. The van der Waals surface area contributed by atoms with Gasteiger partial charge in [0.2, 0.25) is 0 Å². The molecule has 0 amide bonds. The monoisotopic (exact) mass is 396 g/mol. The molecule has 0 radical (unpaired) electrons. The van der Waals surface area contributed by atoms with Gasteiger partial charge in [0.25, 0.3) is 10.0 Å². The van der Waals surface area contributed by atoms with E-state index in [9.17, 15) is 21.6 Å². The minimum Gasteiger partial charge on any atom is -0.484 e. The lowest BCUT2D eigenvalue weighted by atomic mass is 10.2. The lowest BCUT2D eigenvalue weighted by molar-refractivity contribution is -0.137. The first-order chi connectivity index (χ1) is 12.7. The highest BCUT2D eigenvalue weighted by Crippen LogP contribution is 2.32. The maximum atomic E-state index is 12.8. The van der Waals surface area contributed by atoms with Crippen molar-refractivity contribution in [1.82, 2.24) is 9.19 Å². The summed E-state index contributed by atoms with van der Waals surface area (Å²) in [6.07, 6.45) is -4.06. The lowest BCUT2D eigenvalue weighted by Gasteiger charge is -2.17. The predicted molar refractivity (Wildman–Crippen MR) is 91.7 cm³/mol. The predicted octanol–water partition coefficient (Wildman–Crippen LogP) is 4.28. The molecular weight excluding hydrogens is 381 g/mol. The third kappa shape index (κ3) is 3.97. The number of hydrogen-bond acceptors (Lipinski definition) is 4. The van der Waals surface area contributed by atoms with Crippen LogP contribution in [0.3, 0.4) is 0 Å². The minimum absolute atomic E-state index is 0.0258. The lowest BCUT2D eigenvalue weighted by Crippen LogP contribution is -2.20. The second-order valence-electron chi connectivity index (χ2n) is 5.70. The van der Waals surface area contributed by atoms with E-state index in [4.69, 9.17) is 4.74 Å². The SMILES string of the molecule is C[C@@H](Oc1cccc(C(F)(F)F)c1)c1ccnn1S(=O)(=O)c1ccccc1. The van der Waals surface area contributed by atoms with E-state index >= 15 is 0 Å². The van der Waals surface area contributed by atoms with Crippen LogP contribution in [0.25, 0.3) is 0 Å². The first kappa shape index (κ1) is 19.0. The molecule has 0 saturated carbocycles. The Hall–Kier alpha value is -2.81. The molecule has 9 heteroatoms. The number of ether oxygens (including phenoxy) is 1. The normalized spacial score (nSPS) is 13.3. The van der Waals surface area contributed by atoms with Crippen molar-refractivity contribution in [3.8, 4) is 5.75 Å². The molecule has 0 unspecified atom stereocenters. The topological polar surface area (TPSA) is 61.2 Å². The summed E-state index contributed by atoms with van der Waals surface area (Å²) in [6.45, 7) is 1.54. The number of nitrogens with zero attached hydrogens (tertiary/aromatic N) is 2. The smallest absolute Gasteiger partial charge is 0.416 e. The fourth-order valence-corrected chi connectivity index (χ4v) is 3.86. The molecule has 5 nitrogen and oxygen atoms in total. The summed E-state index contributed by atoms with van der Waals surface area (Å²) in [5.41, 5.74) is -0.658. The van der Waals surface area contributed by atoms with Gasteiger partial charge in [-0.2, -0.15) is 30.8 Å². The van der Waals surface area contributed by atoms with E-state index in [0.717, 1.165) is 16.2 Å². The van der Waals surface area contributed by atoms with Gasteiger partial charge in [0.05, 0.1) is 22.3 Å². The summed E-state index contributed by atoms with van der Waals surface area (Å²) in [5, 5.41) is 3.85. The van der Waals surface area contributed by atoms with Crippen LogP contribution in [0.5, 0.6) is 5.75 Å². The van der Waals surface area contributed by atoms with E-state index in [0.29, 0.717) is 0 Å². The summed E-state index contributed by atoms with van der Waals surface area (Å²) in [5.74, 6) is -0.0258. The van der Waals surface area contributed by atoms with Crippen molar-refractivity contribution in [2.24, 2.45) is 0 Å².